The summed E-state index contributed by atoms with van der Waals surface area (Å²) in [6, 6.07) is 15.5. The van der Waals surface area contributed by atoms with Crippen molar-refractivity contribution in [2.24, 2.45) is 0 Å². The van der Waals surface area contributed by atoms with E-state index < -0.39 is 29.7 Å². The average Bonchev–Trinajstić information content (AvgIpc) is 3.63. The number of hydrogen-bond acceptors (Lipinski definition) is 6. The normalized spacial score (nSPS) is 14.6. The van der Waals surface area contributed by atoms with E-state index in [2.05, 4.69) is 33.4 Å². The molecule has 248 valence electrons. The molecule has 5 rings (SSSR count). The Kier molecular flexibility index (Phi) is 12.3. The predicted molar refractivity (Wildman–Crippen MR) is 181 cm³/mol. The van der Waals surface area contributed by atoms with Crippen LogP contribution in [-0.4, -0.2) is 53.2 Å². The standard InChI is InChI=1S/C37H40F2N4O3.ClH/c1-4-6-13-43(3)24-27-15-28(21-29(16-27)36-40-12-14-46-36)35(45)42-33(20-26-18-31(38)22-32(39)19-26)34(44)23-41-37(10-11-37)30-9-7-8-25(5-2)17-30;/h2,7-9,12,14-19,21-22,33-34,41,44H,4,6,10-11,13,20,23-24H2,1,3H3,(H,42,45);1H/t33-,34-;/m0./s1. The third kappa shape index (κ3) is 9.49. The molecule has 1 saturated carbocycles. The van der Waals surface area contributed by atoms with Gasteiger partial charge in [0.15, 0.2) is 0 Å². The molecule has 3 N–H and O–H groups in total. The molecule has 1 heterocycles. The van der Waals surface area contributed by atoms with Crippen LogP contribution in [0.1, 0.15) is 65.2 Å². The van der Waals surface area contributed by atoms with Crippen molar-refractivity contribution in [2.45, 2.75) is 63.3 Å². The van der Waals surface area contributed by atoms with Gasteiger partial charge in [-0.1, -0.05) is 31.4 Å². The summed E-state index contributed by atoms with van der Waals surface area (Å²) in [6.45, 7) is 3.78. The molecule has 1 aliphatic rings. The van der Waals surface area contributed by atoms with Crippen LogP contribution in [-0.2, 0) is 18.5 Å². The van der Waals surface area contributed by atoms with Crippen molar-refractivity contribution in [3.05, 3.63) is 113 Å². The summed E-state index contributed by atoms with van der Waals surface area (Å²) in [6.07, 6.45) is 11.4. The number of aliphatic hydroxyl groups is 1. The molecular formula is C37H41ClF2N4O3. The first-order chi connectivity index (χ1) is 22.2. The summed E-state index contributed by atoms with van der Waals surface area (Å²) in [5.74, 6) is 1.15. The van der Waals surface area contributed by atoms with Gasteiger partial charge in [0.2, 0.25) is 5.89 Å². The fourth-order valence-electron chi connectivity index (χ4n) is 5.78. The maximum atomic E-state index is 14.1. The fourth-order valence-corrected chi connectivity index (χ4v) is 5.78. The zero-order valence-corrected chi connectivity index (χ0v) is 27.5. The van der Waals surface area contributed by atoms with Crippen LogP contribution in [0.5, 0.6) is 0 Å². The van der Waals surface area contributed by atoms with Crippen molar-refractivity contribution in [2.75, 3.05) is 20.1 Å². The molecule has 0 spiro atoms. The second kappa shape index (κ2) is 16.2. The lowest BCUT2D eigenvalue weighted by molar-refractivity contribution is 0.0822. The Morgan fingerprint density at radius 3 is 2.55 bits per heavy atom. The largest absolute Gasteiger partial charge is 0.445 e. The molecule has 0 aliphatic heterocycles. The zero-order valence-electron chi connectivity index (χ0n) is 26.6. The number of aliphatic hydroxyl groups excluding tert-OH is 1. The molecule has 0 bridgehead atoms. The number of nitrogens with zero attached hydrogens (tertiary/aromatic N) is 2. The number of aromatic nitrogens is 1. The number of unbranched alkanes of at least 4 members (excludes halogenated alkanes) is 1. The summed E-state index contributed by atoms with van der Waals surface area (Å²) in [7, 11) is 2.03. The molecule has 1 amide bonds. The molecular weight excluding hydrogens is 622 g/mol. The molecule has 0 saturated heterocycles. The number of carbonyl (C=O) groups excluding carboxylic acids is 1. The molecule has 3 aromatic carbocycles. The predicted octanol–water partition coefficient (Wildman–Crippen LogP) is 6.24. The van der Waals surface area contributed by atoms with Crippen molar-refractivity contribution < 1.29 is 23.1 Å². The third-order valence-corrected chi connectivity index (χ3v) is 8.42. The van der Waals surface area contributed by atoms with Crippen LogP contribution < -0.4 is 10.6 Å². The van der Waals surface area contributed by atoms with Gasteiger partial charge in [0, 0.05) is 41.4 Å². The SMILES string of the molecule is C#Cc1cccc(C2(NC[C@H](O)[C@H](Cc3cc(F)cc(F)c3)NC(=O)c3cc(CN(C)CCCC)cc(-c4ncco4)c3)CC2)c1.Cl. The lowest BCUT2D eigenvalue weighted by Gasteiger charge is -2.27. The Balaban J connectivity index is 0.00000500. The molecule has 0 radical (unpaired) electrons. The Hall–Kier alpha value is -4.07. The second-order valence-corrected chi connectivity index (χ2v) is 12.2. The number of benzene rings is 3. The average molecular weight is 663 g/mol. The minimum absolute atomic E-state index is 0. The van der Waals surface area contributed by atoms with Crippen molar-refractivity contribution in [3.8, 4) is 23.8 Å². The van der Waals surface area contributed by atoms with E-state index in [1.807, 2.05) is 43.4 Å². The molecule has 4 aromatic rings. The van der Waals surface area contributed by atoms with E-state index in [0.717, 1.165) is 55.0 Å². The van der Waals surface area contributed by atoms with Crippen LogP contribution in [0.25, 0.3) is 11.5 Å². The van der Waals surface area contributed by atoms with E-state index in [-0.39, 0.29) is 30.9 Å². The Morgan fingerprint density at radius 2 is 1.89 bits per heavy atom. The smallest absolute Gasteiger partial charge is 0.251 e. The minimum atomic E-state index is -1.09. The van der Waals surface area contributed by atoms with Crippen molar-refractivity contribution in [1.82, 2.24) is 20.5 Å². The van der Waals surface area contributed by atoms with Gasteiger partial charge in [0.25, 0.3) is 5.91 Å². The summed E-state index contributed by atoms with van der Waals surface area (Å²) >= 11 is 0. The van der Waals surface area contributed by atoms with E-state index in [0.29, 0.717) is 29.1 Å². The summed E-state index contributed by atoms with van der Waals surface area (Å²) in [5.41, 5.74) is 3.68. The third-order valence-electron chi connectivity index (χ3n) is 8.42. The maximum Gasteiger partial charge on any atom is 0.251 e. The van der Waals surface area contributed by atoms with Crippen LogP contribution in [0, 0.1) is 24.0 Å². The van der Waals surface area contributed by atoms with E-state index in [1.54, 1.807) is 12.3 Å². The lowest BCUT2D eigenvalue weighted by atomic mass is 9.98. The van der Waals surface area contributed by atoms with Gasteiger partial charge in [-0.2, -0.15) is 0 Å². The first kappa shape index (κ1) is 35.8. The van der Waals surface area contributed by atoms with Crippen molar-refractivity contribution in [1.29, 1.82) is 0 Å². The number of carbonyl (C=O) groups is 1. The van der Waals surface area contributed by atoms with Crippen LogP contribution >= 0.6 is 12.4 Å². The van der Waals surface area contributed by atoms with Crippen LogP contribution in [0.4, 0.5) is 8.78 Å². The Bertz CT molecular complexity index is 1670. The fraction of sp³-hybridized carbons (Fsp3) is 0.351. The van der Waals surface area contributed by atoms with Crippen LogP contribution in [0.15, 0.2) is 77.5 Å². The topological polar surface area (TPSA) is 90.6 Å². The number of amides is 1. The van der Waals surface area contributed by atoms with Gasteiger partial charge in [-0.05, 0) is 98.4 Å². The van der Waals surface area contributed by atoms with Gasteiger partial charge >= 0.3 is 0 Å². The zero-order chi connectivity index (χ0) is 32.7. The van der Waals surface area contributed by atoms with Crippen LogP contribution in [0.3, 0.4) is 0 Å². The summed E-state index contributed by atoms with van der Waals surface area (Å²) < 4.78 is 33.8. The quantitative estimate of drug-likeness (QED) is 0.131. The number of nitrogens with one attached hydrogen (secondary N) is 2. The monoisotopic (exact) mass is 662 g/mol. The van der Waals surface area contributed by atoms with Crippen molar-refractivity contribution >= 4 is 18.3 Å². The Labute approximate surface area is 281 Å². The first-order valence-corrected chi connectivity index (χ1v) is 15.7. The molecule has 7 nitrogen and oxygen atoms in total. The molecule has 1 fully saturated rings. The van der Waals surface area contributed by atoms with Gasteiger partial charge in [-0.25, -0.2) is 13.8 Å². The highest BCUT2D eigenvalue weighted by molar-refractivity contribution is 5.95. The van der Waals surface area contributed by atoms with Gasteiger partial charge in [0.05, 0.1) is 18.3 Å². The van der Waals surface area contributed by atoms with Gasteiger partial charge in [-0.15, -0.1) is 18.8 Å². The van der Waals surface area contributed by atoms with Crippen molar-refractivity contribution in [3.63, 3.8) is 0 Å². The molecule has 47 heavy (non-hydrogen) atoms. The van der Waals surface area contributed by atoms with Gasteiger partial charge in [-0.3, -0.25) is 4.79 Å². The molecule has 1 aromatic heterocycles. The van der Waals surface area contributed by atoms with E-state index in [9.17, 15) is 18.7 Å². The maximum absolute atomic E-state index is 14.1. The van der Waals surface area contributed by atoms with E-state index in [4.69, 9.17) is 10.8 Å². The first-order valence-electron chi connectivity index (χ1n) is 15.7. The minimum Gasteiger partial charge on any atom is -0.445 e. The number of oxazole rings is 1. The lowest BCUT2D eigenvalue weighted by Crippen LogP contribution is -2.50. The highest BCUT2D eigenvalue weighted by atomic mass is 35.5. The Morgan fingerprint density at radius 1 is 1.13 bits per heavy atom. The van der Waals surface area contributed by atoms with E-state index in [1.165, 1.54) is 18.4 Å². The van der Waals surface area contributed by atoms with E-state index >= 15 is 0 Å². The highest BCUT2D eigenvalue weighted by Crippen LogP contribution is 2.45. The molecule has 10 heteroatoms. The van der Waals surface area contributed by atoms with Gasteiger partial charge in [0.1, 0.15) is 17.9 Å². The van der Waals surface area contributed by atoms with Gasteiger partial charge < -0.3 is 25.1 Å². The number of terminal acetylenes is 1. The summed E-state index contributed by atoms with van der Waals surface area (Å²) in [5, 5.41) is 17.9. The molecule has 1 aliphatic carbocycles. The second-order valence-electron chi connectivity index (χ2n) is 12.2. The molecule has 0 unspecified atom stereocenters. The summed E-state index contributed by atoms with van der Waals surface area (Å²) in [4.78, 5) is 20.3. The number of halogens is 3. The van der Waals surface area contributed by atoms with Crippen LogP contribution in [0.2, 0.25) is 0 Å². The highest BCUT2D eigenvalue weighted by Gasteiger charge is 2.44. The number of rotatable bonds is 15. The number of hydrogen-bond donors (Lipinski definition) is 3. The molecule has 2 atom stereocenters.